The first-order chi connectivity index (χ1) is 23.7. The maximum absolute atomic E-state index is 3.78. The lowest BCUT2D eigenvalue weighted by molar-refractivity contribution is -0.727. The number of unbranched alkanes of at least 4 members (excludes halogenated alkanes) is 31. The standard InChI is InChI=1S/C46H90N2/c1-5-8-11-14-17-20-23-25-28-31-34-37-40-45(41-38-35-32-29-26-24-21-18-15-12-9-6-2)46-47-42-43-48(46)44(4)39-36-33-30-27-22-19-16-13-10-7-3/h42-45H,5-41H2,1-4H3/p+1. The summed E-state index contributed by atoms with van der Waals surface area (Å²) in [5.41, 5.74) is 0. The maximum atomic E-state index is 3.78. The molecule has 1 heterocycles. The normalized spacial score (nSPS) is 12.4. The fourth-order valence-corrected chi connectivity index (χ4v) is 8.02. The van der Waals surface area contributed by atoms with Gasteiger partial charge in [0.2, 0.25) is 0 Å². The lowest BCUT2D eigenvalue weighted by Crippen LogP contribution is -2.41. The Morgan fingerprint density at radius 1 is 0.396 bits per heavy atom. The van der Waals surface area contributed by atoms with Crippen molar-refractivity contribution in [1.29, 1.82) is 0 Å². The van der Waals surface area contributed by atoms with Crippen LogP contribution in [0.5, 0.6) is 0 Å². The summed E-state index contributed by atoms with van der Waals surface area (Å²) < 4.78 is 2.65. The van der Waals surface area contributed by atoms with Gasteiger partial charge in [-0.15, -0.1) is 0 Å². The highest BCUT2D eigenvalue weighted by Gasteiger charge is 2.25. The van der Waals surface area contributed by atoms with Crippen molar-refractivity contribution in [2.45, 2.75) is 277 Å². The van der Waals surface area contributed by atoms with Crippen molar-refractivity contribution in [2.24, 2.45) is 0 Å². The van der Waals surface area contributed by atoms with Gasteiger partial charge in [0.15, 0.2) is 0 Å². The molecule has 2 heteroatoms. The zero-order valence-corrected chi connectivity index (χ0v) is 33.9. The zero-order chi connectivity index (χ0) is 34.6. The average molecular weight is 672 g/mol. The quantitative estimate of drug-likeness (QED) is 0.0531. The van der Waals surface area contributed by atoms with Crippen molar-refractivity contribution >= 4 is 0 Å². The van der Waals surface area contributed by atoms with Gasteiger partial charge < -0.3 is 0 Å². The van der Waals surface area contributed by atoms with E-state index in [4.69, 9.17) is 0 Å². The minimum Gasteiger partial charge on any atom is -0.247 e. The zero-order valence-electron chi connectivity index (χ0n) is 33.9. The Hall–Kier alpha value is -0.790. The summed E-state index contributed by atoms with van der Waals surface area (Å²) in [5, 5.41) is 0. The summed E-state index contributed by atoms with van der Waals surface area (Å²) in [6.45, 7) is 9.43. The molecule has 0 aliphatic carbocycles. The molecule has 0 saturated heterocycles. The summed E-state index contributed by atoms with van der Waals surface area (Å²) in [7, 11) is 0. The van der Waals surface area contributed by atoms with Crippen molar-refractivity contribution < 1.29 is 4.57 Å². The molecule has 0 radical (unpaired) electrons. The molecule has 1 unspecified atom stereocenters. The Kier molecular flexibility index (Phi) is 33.9. The highest BCUT2D eigenvalue weighted by atomic mass is 15.1. The second-order valence-corrected chi connectivity index (χ2v) is 16.1. The van der Waals surface area contributed by atoms with Crippen LogP contribution >= 0.6 is 0 Å². The molecule has 0 spiro atoms. The third-order valence-corrected chi connectivity index (χ3v) is 11.4. The topological polar surface area (TPSA) is 19.7 Å². The van der Waals surface area contributed by atoms with Crippen LogP contribution in [-0.4, -0.2) is 4.98 Å². The molecule has 0 saturated carbocycles. The van der Waals surface area contributed by atoms with Crippen LogP contribution in [0.2, 0.25) is 0 Å². The fourth-order valence-electron chi connectivity index (χ4n) is 8.02. The van der Waals surface area contributed by atoms with Gasteiger partial charge in [-0.25, -0.2) is 9.55 Å². The van der Waals surface area contributed by atoms with Crippen molar-refractivity contribution in [2.75, 3.05) is 0 Å². The largest absolute Gasteiger partial charge is 0.257 e. The van der Waals surface area contributed by atoms with Crippen LogP contribution in [0.15, 0.2) is 12.4 Å². The summed E-state index contributed by atoms with van der Waals surface area (Å²) in [6, 6.07) is 0.617. The van der Waals surface area contributed by atoms with E-state index in [1.54, 1.807) is 5.82 Å². The third-order valence-electron chi connectivity index (χ3n) is 11.4. The Labute approximate surface area is 304 Å². The number of rotatable bonds is 39. The van der Waals surface area contributed by atoms with Gasteiger partial charge in [0.25, 0.3) is 5.82 Å². The van der Waals surface area contributed by atoms with Gasteiger partial charge in [0.05, 0.1) is 12.0 Å². The van der Waals surface area contributed by atoms with Crippen LogP contribution in [0.25, 0.3) is 0 Å². The molecule has 1 aromatic heterocycles. The Morgan fingerprint density at radius 2 is 0.667 bits per heavy atom. The van der Waals surface area contributed by atoms with Gasteiger partial charge in [-0.3, -0.25) is 0 Å². The van der Waals surface area contributed by atoms with E-state index in [2.05, 4.69) is 49.6 Å². The van der Waals surface area contributed by atoms with Crippen molar-refractivity contribution in [3.8, 4) is 0 Å². The van der Waals surface area contributed by atoms with Crippen LogP contribution in [0, 0.1) is 0 Å². The third kappa shape index (κ3) is 27.0. The second kappa shape index (κ2) is 36.0. The van der Waals surface area contributed by atoms with Gasteiger partial charge in [0.1, 0.15) is 12.4 Å². The Morgan fingerprint density at radius 3 is 0.979 bits per heavy atom. The molecule has 284 valence electrons. The number of aromatic amines is 1. The van der Waals surface area contributed by atoms with Crippen LogP contribution in [0.4, 0.5) is 0 Å². The molecule has 0 amide bonds. The molecule has 0 aromatic carbocycles. The predicted octanol–water partition coefficient (Wildman–Crippen LogP) is 16.4. The Bertz CT molecular complexity index is 710. The number of nitrogens with zero attached hydrogens (tertiary/aromatic N) is 1. The van der Waals surface area contributed by atoms with Gasteiger partial charge in [0, 0.05) is 0 Å². The molecule has 1 N–H and O–H groups in total. The van der Waals surface area contributed by atoms with E-state index in [0.717, 1.165) is 0 Å². The van der Waals surface area contributed by atoms with Gasteiger partial charge in [-0.1, -0.05) is 233 Å². The number of nitrogens with one attached hydrogen (secondary N) is 1. The lowest BCUT2D eigenvalue weighted by atomic mass is 9.92. The SMILES string of the molecule is CCCCCCCCCCCCCCC(CCCCCCCCCCCCCC)c1[nH]cc[n+]1C(C)CCCCCCCCCCCC. The monoisotopic (exact) mass is 672 g/mol. The highest BCUT2D eigenvalue weighted by molar-refractivity contribution is 4.90. The molecule has 48 heavy (non-hydrogen) atoms. The van der Waals surface area contributed by atoms with E-state index < -0.39 is 0 Å². The number of imidazole rings is 1. The van der Waals surface area contributed by atoms with Gasteiger partial charge >= 0.3 is 0 Å². The first-order valence-electron chi connectivity index (χ1n) is 22.8. The van der Waals surface area contributed by atoms with Gasteiger partial charge in [-0.05, 0) is 32.6 Å². The van der Waals surface area contributed by atoms with Crippen LogP contribution in [0.3, 0.4) is 0 Å². The van der Waals surface area contributed by atoms with Crippen molar-refractivity contribution in [1.82, 2.24) is 4.98 Å². The number of aromatic nitrogens is 2. The molecule has 0 aliphatic heterocycles. The first kappa shape index (κ1) is 45.2. The van der Waals surface area contributed by atoms with E-state index >= 15 is 0 Å². The van der Waals surface area contributed by atoms with E-state index in [1.165, 1.54) is 238 Å². The van der Waals surface area contributed by atoms with E-state index in [9.17, 15) is 0 Å². The number of H-pyrrole nitrogens is 1. The number of hydrogen-bond donors (Lipinski definition) is 1. The molecule has 0 aliphatic rings. The average Bonchev–Trinajstić information content (AvgIpc) is 3.59. The van der Waals surface area contributed by atoms with Crippen molar-refractivity contribution in [3.63, 3.8) is 0 Å². The molecule has 0 fully saturated rings. The minimum atomic E-state index is 0.617. The molecule has 1 atom stereocenters. The summed E-state index contributed by atoms with van der Waals surface area (Å²) >= 11 is 0. The van der Waals surface area contributed by atoms with E-state index in [0.29, 0.717) is 12.0 Å². The van der Waals surface area contributed by atoms with E-state index in [-0.39, 0.29) is 0 Å². The molecule has 2 nitrogen and oxygen atoms in total. The van der Waals surface area contributed by atoms with Gasteiger partial charge in [-0.2, -0.15) is 0 Å². The molecule has 0 bridgehead atoms. The summed E-state index contributed by atoms with van der Waals surface area (Å²) in [6.07, 6.45) is 57.6. The smallest absolute Gasteiger partial charge is 0.247 e. The van der Waals surface area contributed by atoms with Crippen molar-refractivity contribution in [3.05, 3.63) is 18.2 Å². The summed E-state index contributed by atoms with van der Waals surface area (Å²) in [5.74, 6) is 2.25. The van der Waals surface area contributed by atoms with E-state index in [1.807, 2.05) is 0 Å². The highest BCUT2D eigenvalue weighted by Crippen LogP contribution is 2.27. The van der Waals surface area contributed by atoms with Crippen LogP contribution in [-0.2, 0) is 0 Å². The van der Waals surface area contributed by atoms with Crippen LogP contribution in [0.1, 0.15) is 283 Å². The minimum absolute atomic E-state index is 0.617. The molecule has 1 aromatic rings. The first-order valence-corrected chi connectivity index (χ1v) is 22.8. The lowest BCUT2D eigenvalue weighted by Gasteiger charge is -2.17. The predicted molar refractivity (Wildman–Crippen MR) is 216 cm³/mol. The maximum Gasteiger partial charge on any atom is 0.257 e. The second-order valence-electron chi connectivity index (χ2n) is 16.1. The van der Waals surface area contributed by atoms with Crippen LogP contribution < -0.4 is 4.57 Å². The molecular weight excluding hydrogens is 581 g/mol. The molecule has 1 rings (SSSR count). The summed E-state index contributed by atoms with van der Waals surface area (Å²) in [4.78, 5) is 3.78. The Balaban J connectivity index is 2.40. The fraction of sp³-hybridized carbons (Fsp3) is 0.935. The number of hydrogen-bond acceptors (Lipinski definition) is 0. The molecular formula is C46H91N2+.